The molecule has 0 aliphatic carbocycles. The Hall–Kier alpha value is -1.01. The zero-order valence-electron chi connectivity index (χ0n) is 7.42. The summed E-state index contributed by atoms with van der Waals surface area (Å²) in [5, 5.41) is 0. The Bertz CT molecular complexity index is 431. The summed E-state index contributed by atoms with van der Waals surface area (Å²) < 4.78 is 50.2. The van der Waals surface area contributed by atoms with Crippen LogP contribution in [0.3, 0.4) is 0 Å². The quantitative estimate of drug-likeness (QED) is 0.835. The minimum Gasteiger partial charge on any atom is -0.211 e. The first kappa shape index (κ1) is 11.1. The van der Waals surface area contributed by atoms with Gasteiger partial charge in [-0.15, -0.1) is 0 Å². The molecule has 0 saturated heterocycles. The first-order valence-corrected chi connectivity index (χ1v) is 5.40. The van der Waals surface area contributed by atoms with E-state index in [1.54, 1.807) is 6.92 Å². The number of benzene rings is 1. The van der Waals surface area contributed by atoms with Gasteiger partial charge in [0.15, 0.2) is 0 Å². The van der Waals surface area contributed by atoms with Crippen LogP contribution >= 0.6 is 0 Å². The van der Waals surface area contributed by atoms with Crippen molar-refractivity contribution in [1.82, 2.24) is 4.72 Å². The second-order valence-electron chi connectivity index (χ2n) is 2.58. The Labute approximate surface area is 80.8 Å². The largest absolute Gasteiger partial charge is 0.243 e. The molecule has 0 atom stereocenters. The van der Waals surface area contributed by atoms with Crippen LogP contribution in [-0.2, 0) is 10.0 Å². The lowest BCUT2D eigenvalue weighted by Gasteiger charge is -2.04. The van der Waals surface area contributed by atoms with Gasteiger partial charge >= 0.3 is 0 Å². The molecule has 14 heavy (non-hydrogen) atoms. The summed E-state index contributed by atoms with van der Waals surface area (Å²) >= 11 is 0. The molecule has 0 bridgehead atoms. The van der Waals surface area contributed by atoms with Crippen LogP contribution in [-0.4, -0.2) is 15.0 Å². The number of nitrogens with one attached hydrogen (secondary N) is 1. The van der Waals surface area contributed by atoms with Crippen LogP contribution < -0.4 is 4.72 Å². The van der Waals surface area contributed by atoms with Crippen molar-refractivity contribution in [2.75, 3.05) is 6.54 Å². The van der Waals surface area contributed by atoms with E-state index in [2.05, 4.69) is 4.72 Å². The summed E-state index contributed by atoms with van der Waals surface area (Å²) in [5.74, 6) is -1.90. The lowest BCUT2D eigenvalue weighted by atomic mass is 10.3. The number of hydrogen-bond acceptors (Lipinski definition) is 2. The van der Waals surface area contributed by atoms with E-state index in [1.165, 1.54) is 0 Å². The Morgan fingerprint density at radius 2 is 2.00 bits per heavy atom. The van der Waals surface area contributed by atoms with E-state index < -0.39 is 26.6 Å². The van der Waals surface area contributed by atoms with Gasteiger partial charge in [0.05, 0.1) is 0 Å². The minimum absolute atomic E-state index is 0.152. The van der Waals surface area contributed by atoms with Crippen LogP contribution in [0.1, 0.15) is 6.92 Å². The van der Waals surface area contributed by atoms with Crippen molar-refractivity contribution in [3.05, 3.63) is 29.8 Å². The van der Waals surface area contributed by atoms with Gasteiger partial charge in [0, 0.05) is 12.6 Å². The van der Waals surface area contributed by atoms with Crippen molar-refractivity contribution in [3.63, 3.8) is 0 Å². The second kappa shape index (κ2) is 4.02. The number of rotatable bonds is 3. The summed E-state index contributed by atoms with van der Waals surface area (Å²) in [4.78, 5) is -0.541. The maximum Gasteiger partial charge on any atom is 0.243 e. The monoisotopic (exact) mass is 221 g/mol. The summed E-state index contributed by atoms with van der Waals surface area (Å²) in [5.41, 5.74) is 0. The molecule has 0 aromatic heterocycles. The van der Waals surface area contributed by atoms with Crippen molar-refractivity contribution in [2.45, 2.75) is 11.8 Å². The summed E-state index contributed by atoms with van der Waals surface area (Å²) in [6, 6.07) is 2.32. The third-order valence-corrected chi connectivity index (χ3v) is 3.10. The lowest BCUT2D eigenvalue weighted by molar-refractivity contribution is 0.544. The summed E-state index contributed by atoms with van der Waals surface area (Å²) in [6.07, 6.45) is 0. The van der Waals surface area contributed by atoms with E-state index in [0.29, 0.717) is 6.07 Å². The van der Waals surface area contributed by atoms with Crippen LogP contribution in [0.4, 0.5) is 8.78 Å². The van der Waals surface area contributed by atoms with Gasteiger partial charge in [-0.1, -0.05) is 6.92 Å². The second-order valence-corrected chi connectivity index (χ2v) is 4.31. The highest BCUT2D eigenvalue weighted by atomic mass is 32.2. The van der Waals surface area contributed by atoms with Gasteiger partial charge in [0.2, 0.25) is 10.0 Å². The standard InChI is InChI=1S/C8H9F2NO2S/c1-2-11-14(12,13)8-4-3-6(9)5-7(8)10/h3-5,11H,2H2,1H3. The fourth-order valence-corrected chi connectivity index (χ4v) is 2.06. The minimum atomic E-state index is -3.85. The first-order chi connectivity index (χ1) is 6.47. The number of halogens is 2. The average Bonchev–Trinajstić information content (AvgIpc) is 2.02. The van der Waals surface area contributed by atoms with Crippen molar-refractivity contribution in [3.8, 4) is 0 Å². The molecule has 1 rings (SSSR count). The molecule has 3 nitrogen and oxygen atoms in total. The Balaban J connectivity index is 3.20. The fourth-order valence-electron chi connectivity index (χ4n) is 0.961. The van der Waals surface area contributed by atoms with Gasteiger partial charge in [-0.25, -0.2) is 21.9 Å². The molecule has 0 fully saturated rings. The van der Waals surface area contributed by atoms with Gasteiger partial charge in [0.25, 0.3) is 0 Å². The molecular formula is C8H9F2NO2S. The SMILES string of the molecule is CCNS(=O)(=O)c1ccc(F)cc1F. The normalized spacial score (nSPS) is 11.6. The molecule has 0 unspecified atom stereocenters. The maximum absolute atomic E-state index is 13.0. The number of sulfonamides is 1. The molecule has 0 radical (unpaired) electrons. The predicted octanol–water partition coefficient (Wildman–Crippen LogP) is 1.26. The van der Waals surface area contributed by atoms with Crippen molar-refractivity contribution in [1.29, 1.82) is 0 Å². The van der Waals surface area contributed by atoms with Crippen LogP contribution in [0, 0.1) is 11.6 Å². The van der Waals surface area contributed by atoms with Crippen LogP contribution in [0.25, 0.3) is 0 Å². The predicted molar refractivity (Wildman–Crippen MR) is 47.2 cm³/mol. The van der Waals surface area contributed by atoms with Crippen molar-refractivity contribution in [2.24, 2.45) is 0 Å². The molecule has 0 spiro atoms. The Morgan fingerprint density at radius 3 is 2.50 bits per heavy atom. The van der Waals surface area contributed by atoms with Gasteiger partial charge in [0.1, 0.15) is 16.5 Å². The average molecular weight is 221 g/mol. The molecule has 0 saturated carbocycles. The van der Waals surface area contributed by atoms with Gasteiger partial charge in [-0.3, -0.25) is 0 Å². The first-order valence-electron chi connectivity index (χ1n) is 3.92. The van der Waals surface area contributed by atoms with Crippen LogP contribution in [0.5, 0.6) is 0 Å². The molecule has 78 valence electrons. The molecule has 6 heteroatoms. The highest BCUT2D eigenvalue weighted by Crippen LogP contribution is 2.14. The Kier molecular flexibility index (Phi) is 3.17. The van der Waals surface area contributed by atoms with Crippen LogP contribution in [0.15, 0.2) is 23.1 Å². The van der Waals surface area contributed by atoms with Crippen LogP contribution in [0.2, 0.25) is 0 Å². The number of hydrogen-bond donors (Lipinski definition) is 1. The third-order valence-electron chi connectivity index (χ3n) is 1.52. The van der Waals surface area contributed by atoms with E-state index in [0.717, 1.165) is 12.1 Å². The molecule has 0 aliphatic heterocycles. The molecular weight excluding hydrogens is 212 g/mol. The van der Waals surface area contributed by atoms with E-state index in [1.807, 2.05) is 0 Å². The van der Waals surface area contributed by atoms with Gasteiger partial charge in [-0.2, -0.15) is 0 Å². The summed E-state index contributed by atoms with van der Waals surface area (Å²) in [6.45, 7) is 1.72. The molecule has 0 aliphatic rings. The summed E-state index contributed by atoms with van der Waals surface area (Å²) in [7, 11) is -3.85. The van der Waals surface area contributed by atoms with E-state index in [4.69, 9.17) is 0 Å². The highest BCUT2D eigenvalue weighted by molar-refractivity contribution is 7.89. The third kappa shape index (κ3) is 2.27. The van der Waals surface area contributed by atoms with Crippen molar-refractivity contribution < 1.29 is 17.2 Å². The smallest absolute Gasteiger partial charge is 0.211 e. The van der Waals surface area contributed by atoms with E-state index >= 15 is 0 Å². The van der Waals surface area contributed by atoms with Crippen molar-refractivity contribution >= 4 is 10.0 Å². The molecule has 0 heterocycles. The topological polar surface area (TPSA) is 46.2 Å². The zero-order valence-corrected chi connectivity index (χ0v) is 8.24. The lowest BCUT2D eigenvalue weighted by Crippen LogP contribution is -2.24. The van der Waals surface area contributed by atoms with Gasteiger partial charge in [-0.05, 0) is 12.1 Å². The molecule has 1 aromatic carbocycles. The molecule has 1 N–H and O–H groups in total. The fraction of sp³-hybridized carbons (Fsp3) is 0.250. The van der Waals surface area contributed by atoms with E-state index in [-0.39, 0.29) is 6.54 Å². The Morgan fingerprint density at radius 1 is 1.36 bits per heavy atom. The van der Waals surface area contributed by atoms with Gasteiger partial charge < -0.3 is 0 Å². The van der Waals surface area contributed by atoms with E-state index in [9.17, 15) is 17.2 Å². The zero-order chi connectivity index (χ0) is 10.8. The molecule has 1 aromatic rings. The molecule has 0 amide bonds. The highest BCUT2D eigenvalue weighted by Gasteiger charge is 2.17. The maximum atomic E-state index is 13.0.